The van der Waals surface area contributed by atoms with Gasteiger partial charge in [0.15, 0.2) is 0 Å². The number of rotatable bonds is 1. The van der Waals surface area contributed by atoms with Gasteiger partial charge in [-0.2, -0.15) is 0 Å². The summed E-state index contributed by atoms with van der Waals surface area (Å²) in [7, 11) is 0. The monoisotopic (exact) mass is 232 g/mol. The maximum Gasteiger partial charge on any atom is -0.0100 e. The molecule has 0 aliphatic rings. The van der Waals surface area contributed by atoms with E-state index in [-0.39, 0.29) is 0 Å². The third-order valence-electron chi connectivity index (χ3n) is 3.54. The molecule has 88 valence electrons. The van der Waals surface area contributed by atoms with Crippen molar-refractivity contribution in [2.75, 3.05) is 0 Å². The minimum Gasteiger partial charge on any atom is -0.0622 e. The van der Waals surface area contributed by atoms with Crippen LogP contribution in [0.5, 0.6) is 0 Å². The molecule has 0 aromatic heterocycles. The largest absolute Gasteiger partial charge is 0.0622 e. The van der Waals surface area contributed by atoms with E-state index in [4.69, 9.17) is 0 Å². The zero-order chi connectivity index (χ0) is 12.5. The highest BCUT2D eigenvalue weighted by molar-refractivity contribution is 6.00. The average molecular weight is 232 g/mol. The normalized spacial score (nSPS) is 10.8. The zero-order valence-electron chi connectivity index (χ0n) is 10.8. The van der Waals surface area contributed by atoms with Gasteiger partial charge in [-0.15, -0.1) is 0 Å². The first-order valence-corrected chi connectivity index (χ1v) is 6.32. The Bertz CT molecular complexity index is 686. The Morgan fingerprint density at radius 2 is 1.33 bits per heavy atom. The fourth-order valence-electron chi connectivity index (χ4n) is 2.67. The van der Waals surface area contributed by atoms with Crippen molar-refractivity contribution in [1.29, 1.82) is 0 Å². The molecule has 0 spiro atoms. The molecule has 0 N–H and O–H groups in total. The zero-order valence-corrected chi connectivity index (χ0v) is 10.8. The first-order valence-electron chi connectivity index (χ1n) is 6.32. The van der Waals surface area contributed by atoms with E-state index in [0.717, 1.165) is 0 Å². The summed E-state index contributed by atoms with van der Waals surface area (Å²) in [6, 6.07) is 21.6. The smallest absolute Gasteiger partial charge is 0.0100 e. The maximum atomic E-state index is 2.23. The Labute approximate surface area is 108 Å². The Morgan fingerprint density at radius 1 is 0.611 bits per heavy atom. The van der Waals surface area contributed by atoms with Crippen molar-refractivity contribution in [2.45, 2.75) is 13.8 Å². The molecule has 0 unspecified atom stereocenters. The first-order chi connectivity index (χ1) is 8.77. The van der Waals surface area contributed by atoms with E-state index in [0.29, 0.717) is 0 Å². The summed E-state index contributed by atoms with van der Waals surface area (Å²) in [5.41, 5.74) is 5.30. The van der Waals surface area contributed by atoms with Crippen LogP contribution in [0.25, 0.3) is 21.9 Å². The summed E-state index contributed by atoms with van der Waals surface area (Å²) >= 11 is 0. The second-order valence-corrected chi connectivity index (χ2v) is 4.79. The number of hydrogen-bond acceptors (Lipinski definition) is 0. The predicted octanol–water partition coefficient (Wildman–Crippen LogP) is 5.12. The fraction of sp³-hybridized carbons (Fsp3) is 0.111. The van der Waals surface area contributed by atoms with Gasteiger partial charge in [-0.05, 0) is 46.9 Å². The van der Waals surface area contributed by atoms with Gasteiger partial charge in [0.05, 0.1) is 0 Å². The van der Waals surface area contributed by atoms with E-state index in [1.807, 2.05) is 0 Å². The Kier molecular flexibility index (Phi) is 2.64. The van der Waals surface area contributed by atoms with E-state index in [2.05, 4.69) is 74.5 Å². The van der Waals surface area contributed by atoms with Crippen LogP contribution in [0, 0.1) is 13.8 Å². The number of hydrogen-bond donors (Lipinski definition) is 0. The second kappa shape index (κ2) is 4.30. The molecule has 0 saturated carbocycles. The molecule has 0 nitrogen and oxygen atoms in total. The van der Waals surface area contributed by atoms with Crippen molar-refractivity contribution in [3.63, 3.8) is 0 Å². The van der Waals surface area contributed by atoms with Crippen LogP contribution in [0.15, 0.2) is 60.7 Å². The van der Waals surface area contributed by atoms with Gasteiger partial charge in [0.25, 0.3) is 0 Å². The van der Waals surface area contributed by atoms with Crippen LogP contribution in [0.3, 0.4) is 0 Å². The molecule has 0 fully saturated rings. The molecule has 0 heteroatoms. The van der Waals surface area contributed by atoms with Crippen LogP contribution in [-0.4, -0.2) is 0 Å². The minimum absolute atomic E-state index is 1.29. The van der Waals surface area contributed by atoms with Crippen molar-refractivity contribution < 1.29 is 0 Å². The maximum absolute atomic E-state index is 2.23. The van der Waals surface area contributed by atoms with Crippen LogP contribution >= 0.6 is 0 Å². The lowest BCUT2D eigenvalue weighted by molar-refractivity contribution is 1.46. The lowest BCUT2D eigenvalue weighted by Crippen LogP contribution is -1.87. The molecule has 0 radical (unpaired) electrons. The Balaban J connectivity index is 2.39. The molecule has 0 saturated heterocycles. The molecule has 0 aliphatic carbocycles. The molecular weight excluding hydrogens is 216 g/mol. The van der Waals surface area contributed by atoms with Gasteiger partial charge in [0.2, 0.25) is 0 Å². The van der Waals surface area contributed by atoms with E-state index < -0.39 is 0 Å². The summed E-state index contributed by atoms with van der Waals surface area (Å²) in [5.74, 6) is 0. The first kappa shape index (κ1) is 11.0. The SMILES string of the molecule is Cc1cccc2c(-c3ccccc3)ccc(C)c12. The quantitative estimate of drug-likeness (QED) is 0.546. The highest BCUT2D eigenvalue weighted by Gasteiger charge is 2.06. The molecular formula is C18H16. The summed E-state index contributed by atoms with van der Waals surface area (Å²) in [5, 5.41) is 2.74. The fourth-order valence-corrected chi connectivity index (χ4v) is 2.67. The molecule has 0 heterocycles. The highest BCUT2D eigenvalue weighted by atomic mass is 14.1. The molecule has 0 amide bonds. The van der Waals surface area contributed by atoms with Gasteiger partial charge in [0.1, 0.15) is 0 Å². The summed E-state index contributed by atoms with van der Waals surface area (Å²) in [6.45, 7) is 4.37. The van der Waals surface area contributed by atoms with Gasteiger partial charge in [-0.3, -0.25) is 0 Å². The van der Waals surface area contributed by atoms with Gasteiger partial charge >= 0.3 is 0 Å². The topological polar surface area (TPSA) is 0 Å². The number of benzene rings is 3. The molecule has 0 atom stereocenters. The Hall–Kier alpha value is -2.08. The number of fused-ring (bicyclic) bond motifs is 1. The van der Waals surface area contributed by atoms with Gasteiger partial charge < -0.3 is 0 Å². The number of aryl methyl sites for hydroxylation is 2. The lowest BCUT2D eigenvalue weighted by Gasteiger charge is -2.11. The van der Waals surface area contributed by atoms with E-state index >= 15 is 0 Å². The molecule has 3 rings (SSSR count). The van der Waals surface area contributed by atoms with E-state index in [1.165, 1.54) is 33.0 Å². The van der Waals surface area contributed by atoms with Crippen molar-refractivity contribution in [3.05, 3.63) is 71.8 Å². The third-order valence-corrected chi connectivity index (χ3v) is 3.54. The van der Waals surface area contributed by atoms with Crippen molar-refractivity contribution in [1.82, 2.24) is 0 Å². The molecule has 3 aromatic rings. The third kappa shape index (κ3) is 1.70. The van der Waals surface area contributed by atoms with Gasteiger partial charge in [0, 0.05) is 0 Å². The van der Waals surface area contributed by atoms with Crippen LogP contribution in [0.2, 0.25) is 0 Å². The minimum atomic E-state index is 1.29. The van der Waals surface area contributed by atoms with E-state index in [9.17, 15) is 0 Å². The Morgan fingerprint density at radius 3 is 2.11 bits per heavy atom. The summed E-state index contributed by atoms with van der Waals surface area (Å²) in [4.78, 5) is 0. The van der Waals surface area contributed by atoms with Crippen LogP contribution in [-0.2, 0) is 0 Å². The predicted molar refractivity (Wildman–Crippen MR) is 78.9 cm³/mol. The summed E-state index contributed by atoms with van der Waals surface area (Å²) in [6.07, 6.45) is 0. The standard InChI is InChI=1S/C18H16/c1-13-7-6-10-17-16(12-11-14(2)18(13)17)15-8-4-3-5-9-15/h3-12H,1-2H3. The van der Waals surface area contributed by atoms with Crippen molar-refractivity contribution in [2.24, 2.45) is 0 Å². The van der Waals surface area contributed by atoms with E-state index in [1.54, 1.807) is 0 Å². The van der Waals surface area contributed by atoms with Gasteiger partial charge in [-0.1, -0.05) is 60.7 Å². The molecule has 18 heavy (non-hydrogen) atoms. The highest BCUT2D eigenvalue weighted by Crippen LogP contribution is 2.32. The van der Waals surface area contributed by atoms with Crippen molar-refractivity contribution >= 4 is 10.8 Å². The molecule has 0 aliphatic heterocycles. The van der Waals surface area contributed by atoms with Crippen LogP contribution < -0.4 is 0 Å². The van der Waals surface area contributed by atoms with Crippen LogP contribution in [0.1, 0.15) is 11.1 Å². The lowest BCUT2D eigenvalue weighted by atomic mass is 9.93. The van der Waals surface area contributed by atoms with Gasteiger partial charge in [-0.25, -0.2) is 0 Å². The van der Waals surface area contributed by atoms with Crippen LogP contribution in [0.4, 0.5) is 0 Å². The molecule has 0 bridgehead atoms. The molecule has 3 aromatic carbocycles. The summed E-state index contributed by atoms with van der Waals surface area (Å²) < 4.78 is 0. The van der Waals surface area contributed by atoms with Crippen molar-refractivity contribution in [3.8, 4) is 11.1 Å². The average Bonchev–Trinajstić information content (AvgIpc) is 2.40. The second-order valence-electron chi connectivity index (χ2n) is 4.79.